The van der Waals surface area contributed by atoms with Crippen LogP contribution in [0.5, 0.6) is 0 Å². The van der Waals surface area contributed by atoms with E-state index < -0.39 is 5.41 Å². The summed E-state index contributed by atoms with van der Waals surface area (Å²) in [4.78, 5) is 11.8. The van der Waals surface area contributed by atoms with Gasteiger partial charge in [-0.2, -0.15) is 0 Å². The highest BCUT2D eigenvalue weighted by atomic mass is 16.5. The molecular weight excluding hydrogens is 228 g/mol. The fraction of sp³-hybridized carbons (Fsp3) is 0.800. The first-order valence-electron chi connectivity index (χ1n) is 6.70. The highest BCUT2D eigenvalue weighted by Gasteiger charge is 2.55. The first-order valence-corrected chi connectivity index (χ1v) is 6.70. The van der Waals surface area contributed by atoms with Gasteiger partial charge in [0.15, 0.2) is 0 Å². The normalized spacial score (nSPS) is 33.4. The van der Waals surface area contributed by atoms with Crippen molar-refractivity contribution in [2.75, 3.05) is 6.61 Å². The van der Waals surface area contributed by atoms with Gasteiger partial charge in [0, 0.05) is 0 Å². The molecule has 0 aliphatic heterocycles. The van der Waals surface area contributed by atoms with Crippen LogP contribution in [0.3, 0.4) is 0 Å². The zero-order valence-electron chi connectivity index (χ0n) is 12.0. The Morgan fingerprint density at radius 2 is 2.11 bits per heavy atom. The number of aliphatic hydroxyl groups excluding tert-OH is 1. The monoisotopic (exact) mass is 252 g/mol. The summed E-state index contributed by atoms with van der Waals surface area (Å²) in [5.41, 5.74) is 0.760. The molecule has 1 fully saturated rings. The van der Waals surface area contributed by atoms with Gasteiger partial charge in [0.2, 0.25) is 0 Å². The largest absolute Gasteiger partial charge is 0.461 e. The van der Waals surface area contributed by atoms with Crippen molar-refractivity contribution in [1.82, 2.24) is 0 Å². The van der Waals surface area contributed by atoms with E-state index in [2.05, 4.69) is 13.8 Å². The van der Waals surface area contributed by atoms with Crippen LogP contribution in [0.4, 0.5) is 0 Å². The lowest BCUT2D eigenvalue weighted by Gasteiger charge is -2.58. The van der Waals surface area contributed by atoms with Gasteiger partial charge in [-0.3, -0.25) is 4.79 Å². The number of carbonyl (C=O) groups is 1. The molecule has 0 saturated heterocycles. The second-order valence-electron chi connectivity index (χ2n) is 7.27. The molecule has 3 aliphatic carbocycles. The molecule has 18 heavy (non-hydrogen) atoms. The summed E-state index contributed by atoms with van der Waals surface area (Å²) >= 11 is 0. The summed E-state index contributed by atoms with van der Waals surface area (Å²) in [6, 6.07) is 0. The molecule has 3 nitrogen and oxygen atoms in total. The van der Waals surface area contributed by atoms with Crippen molar-refractivity contribution in [3.05, 3.63) is 11.6 Å². The predicted molar refractivity (Wildman–Crippen MR) is 69.9 cm³/mol. The molecule has 1 saturated carbocycles. The smallest absolute Gasteiger partial charge is 0.311 e. The van der Waals surface area contributed by atoms with Crippen LogP contribution in [0.2, 0.25) is 0 Å². The molecule has 0 radical (unpaired) electrons. The summed E-state index contributed by atoms with van der Waals surface area (Å²) in [5, 5.41) is 10.0. The van der Waals surface area contributed by atoms with Gasteiger partial charge >= 0.3 is 5.97 Å². The topological polar surface area (TPSA) is 46.5 Å². The molecule has 3 aliphatic rings. The van der Waals surface area contributed by atoms with Crippen LogP contribution in [0.15, 0.2) is 11.6 Å². The van der Waals surface area contributed by atoms with Crippen LogP contribution in [0.1, 0.15) is 41.0 Å². The average molecular weight is 252 g/mol. The van der Waals surface area contributed by atoms with Crippen LogP contribution < -0.4 is 0 Å². The number of ether oxygens (including phenoxy) is 1. The second kappa shape index (κ2) is 4.09. The first-order chi connectivity index (χ1) is 8.14. The minimum Gasteiger partial charge on any atom is -0.461 e. The molecule has 2 bridgehead atoms. The summed E-state index contributed by atoms with van der Waals surface area (Å²) in [7, 11) is 0. The van der Waals surface area contributed by atoms with E-state index in [4.69, 9.17) is 4.74 Å². The molecule has 3 atom stereocenters. The van der Waals surface area contributed by atoms with Crippen molar-refractivity contribution in [3.8, 4) is 0 Å². The predicted octanol–water partition coefficient (Wildman–Crippen LogP) is 2.54. The Labute approximate surface area is 109 Å². The van der Waals surface area contributed by atoms with Crippen LogP contribution in [-0.2, 0) is 9.53 Å². The molecule has 0 unspecified atom stereocenters. The van der Waals surface area contributed by atoms with Gasteiger partial charge in [0.25, 0.3) is 0 Å². The Morgan fingerprint density at radius 3 is 2.56 bits per heavy atom. The van der Waals surface area contributed by atoms with Gasteiger partial charge in [0.1, 0.15) is 6.61 Å². The quantitative estimate of drug-likeness (QED) is 0.607. The number of hydrogen-bond donors (Lipinski definition) is 1. The van der Waals surface area contributed by atoms with E-state index in [0.717, 1.165) is 12.0 Å². The Balaban J connectivity index is 2.01. The zero-order chi connectivity index (χ0) is 13.7. The van der Waals surface area contributed by atoms with Crippen molar-refractivity contribution in [1.29, 1.82) is 0 Å². The highest BCUT2D eigenvalue weighted by molar-refractivity contribution is 5.75. The Morgan fingerprint density at radius 1 is 1.50 bits per heavy atom. The maximum Gasteiger partial charge on any atom is 0.311 e. The van der Waals surface area contributed by atoms with Crippen molar-refractivity contribution >= 4 is 5.97 Å². The lowest BCUT2D eigenvalue weighted by molar-refractivity contribution is -0.153. The Kier molecular flexibility index (Phi) is 3.09. The lowest BCUT2D eigenvalue weighted by atomic mass is 9.48. The number of esters is 1. The van der Waals surface area contributed by atoms with E-state index in [1.807, 2.05) is 26.8 Å². The lowest BCUT2D eigenvalue weighted by Crippen LogP contribution is -2.54. The third-order valence-corrected chi connectivity index (χ3v) is 4.57. The zero-order valence-corrected chi connectivity index (χ0v) is 12.0. The van der Waals surface area contributed by atoms with E-state index in [1.54, 1.807) is 0 Å². The molecule has 102 valence electrons. The van der Waals surface area contributed by atoms with Gasteiger partial charge in [-0.1, -0.05) is 19.9 Å². The van der Waals surface area contributed by atoms with Crippen molar-refractivity contribution in [2.45, 2.75) is 47.1 Å². The molecule has 1 N–H and O–H groups in total. The Hall–Kier alpha value is -0.830. The SMILES string of the molecule is CC(C)(C)C(=O)OCC1=C[C@H](O)[C@@H]2C[C@@H]1C2(C)C. The first kappa shape index (κ1) is 13.6. The molecule has 0 aromatic carbocycles. The van der Waals surface area contributed by atoms with Gasteiger partial charge in [-0.05, 0) is 50.0 Å². The number of rotatable bonds is 2. The fourth-order valence-corrected chi connectivity index (χ4v) is 3.13. The molecule has 3 rings (SSSR count). The number of aliphatic hydroxyl groups is 1. The number of carbonyl (C=O) groups excluding carboxylic acids is 1. The van der Waals surface area contributed by atoms with Crippen LogP contribution in [0.25, 0.3) is 0 Å². The van der Waals surface area contributed by atoms with E-state index in [-0.39, 0.29) is 17.5 Å². The number of fused-ring (bicyclic) bond motifs is 1. The Bertz CT molecular complexity index is 387. The average Bonchev–Trinajstić information content (AvgIpc) is 2.23. The fourth-order valence-electron chi connectivity index (χ4n) is 3.13. The molecule has 3 heteroatoms. The van der Waals surface area contributed by atoms with Crippen molar-refractivity contribution in [2.24, 2.45) is 22.7 Å². The maximum absolute atomic E-state index is 11.8. The maximum atomic E-state index is 11.8. The van der Waals surface area contributed by atoms with E-state index in [1.165, 1.54) is 0 Å². The molecular formula is C15H24O3. The molecule has 0 spiro atoms. The van der Waals surface area contributed by atoms with Gasteiger partial charge in [-0.25, -0.2) is 0 Å². The van der Waals surface area contributed by atoms with Gasteiger partial charge < -0.3 is 9.84 Å². The third-order valence-electron chi connectivity index (χ3n) is 4.57. The van der Waals surface area contributed by atoms with E-state index >= 15 is 0 Å². The highest BCUT2D eigenvalue weighted by Crippen LogP contribution is 2.59. The van der Waals surface area contributed by atoms with Gasteiger partial charge in [-0.15, -0.1) is 0 Å². The summed E-state index contributed by atoms with van der Waals surface area (Å²) in [5.74, 6) is 0.639. The third kappa shape index (κ3) is 2.09. The minimum atomic E-state index is -0.467. The molecule has 0 amide bonds. The standard InChI is InChI=1S/C15H24O3/c1-14(2,3)13(17)18-8-9-6-12(16)11-7-10(9)15(11,4)5/h6,10-12,16H,7-8H2,1-5H3/t10-,11-,12-/m0/s1. The summed E-state index contributed by atoms with van der Waals surface area (Å²) in [6.07, 6.45) is 2.53. The summed E-state index contributed by atoms with van der Waals surface area (Å²) in [6.45, 7) is 10.3. The van der Waals surface area contributed by atoms with E-state index in [0.29, 0.717) is 18.4 Å². The van der Waals surface area contributed by atoms with Crippen molar-refractivity contribution < 1.29 is 14.6 Å². The van der Waals surface area contributed by atoms with Crippen LogP contribution >= 0.6 is 0 Å². The second-order valence-corrected chi connectivity index (χ2v) is 7.27. The van der Waals surface area contributed by atoms with Crippen molar-refractivity contribution in [3.63, 3.8) is 0 Å². The minimum absolute atomic E-state index is 0.137. The molecule has 0 heterocycles. The number of hydrogen-bond acceptors (Lipinski definition) is 3. The van der Waals surface area contributed by atoms with Crippen LogP contribution in [0, 0.1) is 22.7 Å². The van der Waals surface area contributed by atoms with Crippen LogP contribution in [-0.4, -0.2) is 23.8 Å². The summed E-state index contributed by atoms with van der Waals surface area (Å²) < 4.78 is 5.36. The molecule has 0 aromatic rings. The van der Waals surface area contributed by atoms with E-state index in [9.17, 15) is 9.90 Å². The van der Waals surface area contributed by atoms with Gasteiger partial charge in [0.05, 0.1) is 11.5 Å². The molecule has 0 aromatic heterocycles.